The molecule has 0 saturated heterocycles. The molecule has 31 heavy (non-hydrogen) atoms. The first-order chi connectivity index (χ1) is 15.0. The Labute approximate surface area is 182 Å². The van der Waals surface area contributed by atoms with E-state index < -0.39 is 11.7 Å². The second-order valence-corrected chi connectivity index (χ2v) is 7.86. The third-order valence-electron chi connectivity index (χ3n) is 4.62. The fraction of sp³-hybridized carbons (Fsp3) is 0.182. The largest absolute Gasteiger partial charge is 0.495 e. The average Bonchev–Trinajstić information content (AvgIpc) is 3.41. The minimum absolute atomic E-state index is 0.0521. The number of amides is 1. The van der Waals surface area contributed by atoms with E-state index in [1.54, 1.807) is 53.7 Å². The first-order valence-corrected chi connectivity index (χ1v) is 10.5. The Morgan fingerprint density at radius 2 is 1.97 bits per heavy atom. The summed E-state index contributed by atoms with van der Waals surface area (Å²) in [6.07, 6.45) is 3.06. The van der Waals surface area contributed by atoms with E-state index in [1.807, 2.05) is 13.8 Å². The maximum Gasteiger partial charge on any atom is 0.261 e. The van der Waals surface area contributed by atoms with Gasteiger partial charge < -0.3 is 4.74 Å². The molecule has 3 aromatic heterocycles. The van der Waals surface area contributed by atoms with Crippen molar-refractivity contribution < 1.29 is 13.9 Å². The number of pyridine rings is 1. The first-order valence-electron chi connectivity index (χ1n) is 9.57. The van der Waals surface area contributed by atoms with Crippen molar-refractivity contribution in [1.29, 1.82) is 0 Å². The van der Waals surface area contributed by atoms with Gasteiger partial charge >= 0.3 is 0 Å². The van der Waals surface area contributed by atoms with Crippen LogP contribution in [0.15, 0.2) is 54.2 Å². The number of rotatable bonds is 6. The summed E-state index contributed by atoms with van der Waals surface area (Å²) in [6, 6.07) is 9.88. The second kappa shape index (κ2) is 8.65. The molecule has 0 atom stereocenters. The molecule has 0 spiro atoms. The Balaban J connectivity index is 1.62. The zero-order valence-corrected chi connectivity index (χ0v) is 18.0. The molecule has 0 unspecified atom stereocenters. The number of aromatic nitrogens is 4. The summed E-state index contributed by atoms with van der Waals surface area (Å²) in [5.74, 6) is -0.176. The number of methoxy groups -OCH3 is 1. The van der Waals surface area contributed by atoms with Crippen LogP contribution in [0.4, 0.5) is 9.52 Å². The number of carbonyl (C=O) groups excluding carboxylic acids is 1. The first kappa shape index (κ1) is 20.7. The summed E-state index contributed by atoms with van der Waals surface area (Å²) in [7, 11) is 1.57. The van der Waals surface area contributed by atoms with Crippen molar-refractivity contribution in [3.05, 3.63) is 65.6 Å². The molecular weight excluding hydrogens is 417 g/mol. The van der Waals surface area contributed by atoms with Crippen molar-refractivity contribution in [3.8, 4) is 28.4 Å². The van der Waals surface area contributed by atoms with Gasteiger partial charge in [-0.15, -0.1) is 11.3 Å². The smallest absolute Gasteiger partial charge is 0.261 e. The Morgan fingerprint density at radius 1 is 1.16 bits per heavy atom. The van der Waals surface area contributed by atoms with E-state index in [0.29, 0.717) is 33.5 Å². The molecule has 0 aliphatic heterocycles. The average molecular weight is 438 g/mol. The van der Waals surface area contributed by atoms with E-state index in [0.717, 1.165) is 0 Å². The van der Waals surface area contributed by atoms with Crippen LogP contribution in [0.5, 0.6) is 5.75 Å². The van der Waals surface area contributed by atoms with Crippen molar-refractivity contribution in [3.63, 3.8) is 0 Å². The molecular formula is C22H20FN5O2S. The maximum atomic E-state index is 14.5. The molecule has 0 radical (unpaired) electrons. The summed E-state index contributed by atoms with van der Waals surface area (Å²) in [4.78, 5) is 21.8. The van der Waals surface area contributed by atoms with Crippen molar-refractivity contribution in [1.82, 2.24) is 19.7 Å². The summed E-state index contributed by atoms with van der Waals surface area (Å²) in [5.41, 5.74) is 2.32. The molecule has 1 aromatic carbocycles. The molecule has 4 rings (SSSR count). The van der Waals surface area contributed by atoms with E-state index in [4.69, 9.17) is 4.74 Å². The Kier molecular flexibility index (Phi) is 5.77. The van der Waals surface area contributed by atoms with Crippen molar-refractivity contribution in [2.45, 2.75) is 19.9 Å². The fourth-order valence-electron chi connectivity index (χ4n) is 3.11. The van der Waals surface area contributed by atoms with E-state index >= 15 is 0 Å². The van der Waals surface area contributed by atoms with Crippen LogP contribution in [-0.4, -0.2) is 32.8 Å². The van der Waals surface area contributed by atoms with Crippen molar-refractivity contribution in [2.75, 3.05) is 12.4 Å². The third kappa shape index (κ3) is 4.17. The lowest BCUT2D eigenvalue weighted by molar-refractivity contribution is 0.102. The van der Waals surface area contributed by atoms with E-state index in [9.17, 15) is 9.18 Å². The van der Waals surface area contributed by atoms with Crippen LogP contribution >= 0.6 is 11.3 Å². The molecule has 9 heteroatoms. The molecule has 1 N–H and O–H groups in total. The standard InChI is InChI=1S/C22H20FN5O2S/c1-13(2)28-20(15-6-4-5-7-17(15)23)16(11-25-28)21(29)27-22-26-19(12-31-22)18-9-8-14(30-3)10-24-18/h4-13H,1-3H3,(H,26,27,29). The number of hydrogen-bond donors (Lipinski definition) is 1. The molecule has 3 heterocycles. The van der Waals surface area contributed by atoms with Gasteiger partial charge in [0.05, 0.1) is 36.5 Å². The number of anilines is 1. The lowest BCUT2D eigenvalue weighted by atomic mass is 10.1. The van der Waals surface area contributed by atoms with Gasteiger partial charge in [-0.05, 0) is 38.1 Å². The van der Waals surface area contributed by atoms with E-state index in [2.05, 4.69) is 20.4 Å². The van der Waals surface area contributed by atoms with Crippen LogP contribution in [0, 0.1) is 5.82 Å². The minimum atomic E-state index is -0.416. The van der Waals surface area contributed by atoms with E-state index in [-0.39, 0.29) is 11.6 Å². The number of ether oxygens (including phenoxy) is 1. The normalized spacial score (nSPS) is 11.0. The van der Waals surface area contributed by atoms with Gasteiger partial charge in [-0.1, -0.05) is 12.1 Å². The number of halogens is 1. The molecule has 0 saturated carbocycles. The summed E-state index contributed by atoms with van der Waals surface area (Å²) < 4.78 is 21.3. The monoisotopic (exact) mass is 437 g/mol. The number of benzene rings is 1. The van der Waals surface area contributed by atoms with Gasteiger partial charge in [0.1, 0.15) is 17.3 Å². The number of nitrogens with zero attached hydrogens (tertiary/aromatic N) is 4. The zero-order chi connectivity index (χ0) is 22.0. The van der Waals surface area contributed by atoms with Gasteiger partial charge in [-0.25, -0.2) is 9.37 Å². The number of carbonyl (C=O) groups is 1. The number of nitrogens with one attached hydrogen (secondary N) is 1. The van der Waals surface area contributed by atoms with Crippen molar-refractivity contribution in [2.24, 2.45) is 0 Å². The maximum absolute atomic E-state index is 14.5. The van der Waals surface area contributed by atoms with Gasteiger partial charge in [0.15, 0.2) is 5.13 Å². The Morgan fingerprint density at radius 3 is 2.65 bits per heavy atom. The summed E-state index contributed by atoms with van der Waals surface area (Å²) in [5, 5.41) is 9.33. The van der Waals surface area contributed by atoms with Gasteiger partial charge in [-0.2, -0.15) is 5.10 Å². The predicted molar refractivity (Wildman–Crippen MR) is 118 cm³/mol. The SMILES string of the molecule is COc1ccc(-c2csc(NC(=O)c3cnn(C(C)C)c3-c3ccccc3F)n2)nc1. The highest BCUT2D eigenvalue weighted by Crippen LogP contribution is 2.30. The van der Waals surface area contributed by atoms with Crippen LogP contribution in [0.3, 0.4) is 0 Å². The minimum Gasteiger partial charge on any atom is -0.495 e. The van der Waals surface area contributed by atoms with Crippen LogP contribution in [0.25, 0.3) is 22.6 Å². The highest BCUT2D eigenvalue weighted by molar-refractivity contribution is 7.14. The molecule has 4 aromatic rings. The van der Waals surface area contributed by atoms with Crippen LogP contribution in [-0.2, 0) is 0 Å². The van der Waals surface area contributed by atoms with Crippen LogP contribution in [0.2, 0.25) is 0 Å². The summed E-state index contributed by atoms with van der Waals surface area (Å²) in [6.45, 7) is 3.85. The lowest BCUT2D eigenvalue weighted by Crippen LogP contribution is -2.14. The van der Waals surface area contributed by atoms with Gasteiger partial charge in [0.2, 0.25) is 0 Å². The Bertz CT molecular complexity index is 1220. The molecule has 1 amide bonds. The second-order valence-electron chi connectivity index (χ2n) is 7.00. The quantitative estimate of drug-likeness (QED) is 0.456. The molecule has 0 fully saturated rings. The molecule has 0 bridgehead atoms. The van der Waals surface area contributed by atoms with Crippen LogP contribution in [0.1, 0.15) is 30.2 Å². The van der Waals surface area contributed by atoms with Gasteiger partial charge in [-0.3, -0.25) is 19.8 Å². The van der Waals surface area contributed by atoms with Gasteiger partial charge in [0, 0.05) is 17.0 Å². The topological polar surface area (TPSA) is 81.9 Å². The highest BCUT2D eigenvalue weighted by Gasteiger charge is 2.23. The molecule has 7 nitrogen and oxygen atoms in total. The van der Waals surface area contributed by atoms with Crippen molar-refractivity contribution >= 4 is 22.4 Å². The lowest BCUT2D eigenvalue weighted by Gasteiger charge is -2.13. The fourth-order valence-corrected chi connectivity index (χ4v) is 3.81. The summed E-state index contributed by atoms with van der Waals surface area (Å²) >= 11 is 1.28. The number of hydrogen-bond acceptors (Lipinski definition) is 6. The zero-order valence-electron chi connectivity index (χ0n) is 17.2. The van der Waals surface area contributed by atoms with Crippen LogP contribution < -0.4 is 10.1 Å². The molecule has 0 aliphatic carbocycles. The molecule has 0 aliphatic rings. The predicted octanol–water partition coefficient (Wildman–Crippen LogP) is 5.05. The third-order valence-corrected chi connectivity index (χ3v) is 5.38. The Hall–Kier alpha value is -3.59. The number of thiazole rings is 1. The molecule has 158 valence electrons. The van der Waals surface area contributed by atoms with E-state index in [1.165, 1.54) is 23.6 Å². The van der Waals surface area contributed by atoms with Gasteiger partial charge in [0.25, 0.3) is 5.91 Å². The highest BCUT2D eigenvalue weighted by atomic mass is 32.1.